The Morgan fingerprint density at radius 1 is 1.29 bits per heavy atom. The summed E-state index contributed by atoms with van der Waals surface area (Å²) in [6, 6.07) is 0.522. The number of carbonyl (C=O) groups is 2. The highest BCUT2D eigenvalue weighted by molar-refractivity contribution is 5.96. The minimum absolute atomic E-state index is 0.110. The Labute approximate surface area is 124 Å². The van der Waals surface area contributed by atoms with Crippen LogP contribution in [0.3, 0.4) is 0 Å². The van der Waals surface area contributed by atoms with Crippen LogP contribution in [-0.4, -0.2) is 33.6 Å². The van der Waals surface area contributed by atoms with Crippen molar-refractivity contribution in [3.05, 3.63) is 24.0 Å². The molecule has 6 heteroatoms. The molecule has 6 nitrogen and oxygen atoms in total. The first-order valence-corrected chi connectivity index (χ1v) is 6.78. The second kappa shape index (κ2) is 6.56. The average Bonchev–Trinajstić information content (AvgIpc) is 2.32. The molecule has 0 saturated heterocycles. The fourth-order valence-corrected chi connectivity index (χ4v) is 1.64. The van der Waals surface area contributed by atoms with Crippen LogP contribution in [0, 0.1) is 5.92 Å². The summed E-state index contributed by atoms with van der Waals surface area (Å²) in [5, 5.41) is 12.0. The maximum absolute atomic E-state index is 12.1. The van der Waals surface area contributed by atoms with Crippen LogP contribution in [0.15, 0.2) is 18.5 Å². The van der Waals surface area contributed by atoms with Gasteiger partial charge in [0.05, 0.1) is 11.8 Å². The molecule has 1 aromatic heterocycles. The number of nitrogens with one attached hydrogen (secondary N) is 1. The number of hydrogen-bond donors (Lipinski definition) is 2. The van der Waals surface area contributed by atoms with Crippen molar-refractivity contribution in [1.82, 2.24) is 10.3 Å². The largest absolute Gasteiger partial charge is 0.506 e. The standard InChI is InChI=1S/C15H22N2O4/c1-9(2)12(14(20)21-15(3,4)5)17-13(19)10-6-11(18)8-16-7-10/h6-9,12,18H,1-5H3,(H,17,19)/t12-/m0/s1. The van der Waals surface area contributed by atoms with Crippen LogP contribution in [0.2, 0.25) is 0 Å². The summed E-state index contributed by atoms with van der Waals surface area (Å²) in [6.07, 6.45) is 2.55. The van der Waals surface area contributed by atoms with Gasteiger partial charge in [-0.05, 0) is 32.8 Å². The zero-order valence-corrected chi connectivity index (χ0v) is 13.0. The third kappa shape index (κ3) is 5.41. The molecular weight excluding hydrogens is 272 g/mol. The first kappa shape index (κ1) is 16.9. The van der Waals surface area contributed by atoms with Crippen LogP contribution < -0.4 is 5.32 Å². The van der Waals surface area contributed by atoms with Crippen molar-refractivity contribution in [2.45, 2.75) is 46.3 Å². The smallest absolute Gasteiger partial charge is 0.329 e. The van der Waals surface area contributed by atoms with E-state index in [-0.39, 0.29) is 17.2 Å². The molecule has 0 aliphatic rings. The van der Waals surface area contributed by atoms with Gasteiger partial charge in [-0.25, -0.2) is 4.79 Å². The third-order valence-corrected chi connectivity index (χ3v) is 2.60. The first-order chi connectivity index (χ1) is 9.60. The van der Waals surface area contributed by atoms with Crippen molar-refractivity contribution in [3.63, 3.8) is 0 Å². The predicted octanol–water partition coefficient (Wildman–Crippen LogP) is 1.88. The van der Waals surface area contributed by atoms with Crippen LogP contribution in [0.1, 0.15) is 45.0 Å². The fourth-order valence-electron chi connectivity index (χ4n) is 1.64. The van der Waals surface area contributed by atoms with E-state index in [1.807, 2.05) is 13.8 Å². The van der Waals surface area contributed by atoms with Gasteiger partial charge in [-0.1, -0.05) is 13.8 Å². The Morgan fingerprint density at radius 3 is 2.38 bits per heavy atom. The van der Waals surface area contributed by atoms with Crippen molar-refractivity contribution in [3.8, 4) is 5.75 Å². The van der Waals surface area contributed by atoms with Gasteiger partial charge in [-0.2, -0.15) is 0 Å². The first-order valence-electron chi connectivity index (χ1n) is 6.78. The van der Waals surface area contributed by atoms with Crippen molar-refractivity contribution in [2.24, 2.45) is 5.92 Å². The van der Waals surface area contributed by atoms with E-state index in [9.17, 15) is 14.7 Å². The van der Waals surface area contributed by atoms with Gasteiger partial charge in [0.15, 0.2) is 0 Å². The van der Waals surface area contributed by atoms with E-state index in [2.05, 4.69) is 10.3 Å². The van der Waals surface area contributed by atoms with E-state index < -0.39 is 23.5 Å². The van der Waals surface area contributed by atoms with E-state index in [1.165, 1.54) is 18.5 Å². The number of carbonyl (C=O) groups excluding carboxylic acids is 2. The lowest BCUT2D eigenvalue weighted by Crippen LogP contribution is -2.47. The number of nitrogens with zero attached hydrogens (tertiary/aromatic N) is 1. The summed E-state index contributed by atoms with van der Waals surface area (Å²) in [5.74, 6) is -1.21. The number of pyridine rings is 1. The highest BCUT2D eigenvalue weighted by Gasteiger charge is 2.29. The third-order valence-electron chi connectivity index (χ3n) is 2.60. The molecule has 116 valence electrons. The van der Waals surface area contributed by atoms with Crippen LogP contribution in [-0.2, 0) is 9.53 Å². The van der Waals surface area contributed by atoms with Crippen molar-refractivity contribution in [2.75, 3.05) is 0 Å². The molecule has 0 aliphatic carbocycles. The summed E-state index contributed by atoms with van der Waals surface area (Å²) in [4.78, 5) is 28.0. The summed E-state index contributed by atoms with van der Waals surface area (Å²) in [5.41, 5.74) is -0.439. The Kier molecular flexibility index (Phi) is 5.29. The normalized spacial score (nSPS) is 12.9. The Hall–Kier alpha value is -2.11. The number of aromatic hydroxyl groups is 1. The van der Waals surface area contributed by atoms with Gasteiger partial charge < -0.3 is 15.2 Å². The molecule has 0 bridgehead atoms. The lowest BCUT2D eigenvalue weighted by atomic mass is 10.0. The van der Waals surface area contributed by atoms with Crippen LogP contribution in [0.25, 0.3) is 0 Å². The number of hydrogen-bond acceptors (Lipinski definition) is 5. The molecule has 0 fully saturated rings. The molecule has 1 atom stereocenters. The van der Waals surface area contributed by atoms with E-state index in [0.717, 1.165) is 0 Å². The number of aromatic nitrogens is 1. The monoisotopic (exact) mass is 294 g/mol. The molecule has 2 N–H and O–H groups in total. The van der Waals surface area contributed by atoms with Crippen molar-refractivity contribution in [1.29, 1.82) is 0 Å². The molecule has 1 rings (SSSR count). The van der Waals surface area contributed by atoms with Gasteiger partial charge in [0.25, 0.3) is 5.91 Å². The van der Waals surface area contributed by atoms with Crippen LogP contribution >= 0.6 is 0 Å². The molecule has 21 heavy (non-hydrogen) atoms. The maximum atomic E-state index is 12.1. The van der Waals surface area contributed by atoms with Gasteiger partial charge in [0.2, 0.25) is 0 Å². The SMILES string of the molecule is CC(C)[C@H](NC(=O)c1cncc(O)c1)C(=O)OC(C)(C)C. The summed E-state index contributed by atoms with van der Waals surface area (Å²) >= 11 is 0. The zero-order valence-electron chi connectivity index (χ0n) is 13.0. The van der Waals surface area contributed by atoms with E-state index in [0.29, 0.717) is 0 Å². The van der Waals surface area contributed by atoms with Crippen LogP contribution in [0.5, 0.6) is 5.75 Å². The Bertz CT molecular complexity index is 521. The van der Waals surface area contributed by atoms with Crippen molar-refractivity contribution >= 4 is 11.9 Å². The van der Waals surface area contributed by atoms with Crippen LogP contribution in [0.4, 0.5) is 0 Å². The molecule has 0 aliphatic heterocycles. The molecule has 0 saturated carbocycles. The number of ether oxygens (including phenoxy) is 1. The summed E-state index contributed by atoms with van der Waals surface area (Å²) in [6.45, 7) is 8.93. The van der Waals surface area contributed by atoms with E-state index in [4.69, 9.17) is 4.74 Å². The average molecular weight is 294 g/mol. The highest BCUT2D eigenvalue weighted by atomic mass is 16.6. The molecule has 0 unspecified atom stereocenters. The van der Waals surface area contributed by atoms with Gasteiger partial charge >= 0.3 is 5.97 Å². The topological polar surface area (TPSA) is 88.5 Å². The predicted molar refractivity (Wildman–Crippen MR) is 77.8 cm³/mol. The Balaban J connectivity index is 2.84. The van der Waals surface area contributed by atoms with Gasteiger partial charge in [0, 0.05) is 6.20 Å². The quantitative estimate of drug-likeness (QED) is 0.828. The number of amides is 1. The minimum atomic E-state index is -0.765. The van der Waals surface area contributed by atoms with Gasteiger partial charge in [-0.15, -0.1) is 0 Å². The summed E-state index contributed by atoms with van der Waals surface area (Å²) < 4.78 is 5.30. The molecule has 1 amide bonds. The Morgan fingerprint density at radius 2 is 1.90 bits per heavy atom. The molecule has 1 aromatic rings. The van der Waals surface area contributed by atoms with E-state index in [1.54, 1.807) is 20.8 Å². The number of rotatable bonds is 4. The van der Waals surface area contributed by atoms with E-state index >= 15 is 0 Å². The second-order valence-corrected chi connectivity index (χ2v) is 6.16. The van der Waals surface area contributed by atoms with Gasteiger partial charge in [-0.3, -0.25) is 9.78 Å². The molecular formula is C15H22N2O4. The second-order valence-electron chi connectivity index (χ2n) is 6.16. The van der Waals surface area contributed by atoms with Gasteiger partial charge in [0.1, 0.15) is 17.4 Å². The lowest BCUT2D eigenvalue weighted by molar-refractivity contribution is -0.158. The lowest BCUT2D eigenvalue weighted by Gasteiger charge is -2.26. The summed E-state index contributed by atoms with van der Waals surface area (Å²) in [7, 11) is 0. The van der Waals surface area contributed by atoms with Crippen molar-refractivity contribution < 1.29 is 19.4 Å². The molecule has 0 radical (unpaired) electrons. The molecule has 0 spiro atoms. The highest BCUT2D eigenvalue weighted by Crippen LogP contribution is 2.14. The zero-order chi connectivity index (χ0) is 16.2. The number of esters is 1. The molecule has 0 aromatic carbocycles. The minimum Gasteiger partial charge on any atom is -0.506 e. The maximum Gasteiger partial charge on any atom is 0.329 e. The molecule has 1 heterocycles. The fraction of sp³-hybridized carbons (Fsp3) is 0.533.